The molecule has 3 aromatic rings. The van der Waals surface area contributed by atoms with Crippen LogP contribution in [0, 0.1) is 17.7 Å². The van der Waals surface area contributed by atoms with E-state index in [1.54, 1.807) is 17.2 Å². The van der Waals surface area contributed by atoms with E-state index < -0.39 is 5.82 Å². The van der Waals surface area contributed by atoms with Crippen molar-refractivity contribution in [2.75, 3.05) is 31.3 Å². The van der Waals surface area contributed by atoms with Gasteiger partial charge in [0.25, 0.3) is 0 Å². The summed E-state index contributed by atoms with van der Waals surface area (Å²) < 4.78 is 13.4. The SMILES string of the molecule is CN(C)C(=O)[C@H]1CC[C@H](CNc2ncc3ncnc(Nc4ccc(F)c(Cl)c4)c3n2)CC1. The lowest BCUT2D eigenvalue weighted by atomic mass is 9.81. The first-order valence-electron chi connectivity index (χ1n) is 10.6. The van der Waals surface area contributed by atoms with Crippen LogP contribution >= 0.6 is 11.6 Å². The van der Waals surface area contributed by atoms with Crippen molar-refractivity contribution in [3.05, 3.63) is 41.6 Å². The molecule has 2 heterocycles. The summed E-state index contributed by atoms with van der Waals surface area (Å²) in [6, 6.07) is 4.35. The van der Waals surface area contributed by atoms with Crippen molar-refractivity contribution in [3.63, 3.8) is 0 Å². The smallest absolute Gasteiger partial charge is 0.225 e. The highest BCUT2D eigenvalue weighted by Gasteiger charge is 2.27. The summed E-state index contributed by atoms with van der Waals surface area (Å²) in [5.74, 6) is 1.29. The molecule has 32 heavy (non-hydrogen) atoms. The van der Waals surface area contributed by atoms with Crippen LogP contribution in [0.4, 0.5) is 21.8 Å². The Balaban J connectivity index is 1.43. The van der Waals surface area contributed by atoms with Crippen molar-refractivity contribution >= 4 is 46.0 Å². The molecule has 168 valence electrons. The fourth-order valence-corrected chi connectivity index (χ4v) is 4.14. The average molecular weight is 458 g/mol. The number of benzene rings is 1. The number of nitrogens with zero attached hydrogens (tertiary/aromatic N) is 5. The van der Waals surface area contributed by atoms with Crippen molar-refractivity contribution < 1.29 is 9.18 Å². The third kappa shape index (κ3) is 5.04. The molecule has 1 amide bonds. The maximum atomic E-state index is 13.4. The van der Waals surface area contributed by atoms with Crippen LogP contribution in [0.15, 0.2) is 30.7 Å². The fourth-order valence-electron chi connectivity index (χ4n) is 3.96. The van der Waals surface area contributed by atoms with Gasteiger partial charge in [0.15, 0.2) is 5.82 Å². The molecule has 0 aliphatic heterocycles. The Hall–Kier alpha value is -3.07. The third-order valence-corrected chi connectivity index (χ3v) is 6.04. The highest BCUT2D eigenvalue weighted by Crippen LogP contribution is 2.30. The number of halogens is 2. The third-order valence-electron chi connectivity index (χ3n) is 5.75. The van der Waals surface area contributed by atoms with E-state index >= 15 is 0 Å². The summed E-state index contributed by atoms with van der Waals surface area (Å²) in [6.07, 6.45) is 6.85. The van der Waals surface area contributed by atoms with Crippen LogP contribution < -0.4 is 10.6 Å². The minimum Gasteiger partial charge on any atom is -0.354 e. The first kappa shape index (κ1) is 22.1. The average Bonchev–Trinajstić information content (AvgIpc) is 2.80. The van der Waals surface area contributed by atoms with Gasteiger partial charge in [0.05, 0.1) is 11.2 Å². The summed E-state index contributed by atoms with van der Waals surface area (Å²) in [4.78, 5) is 31.3. The van der Waals surface area contributed by atoms with Crippen molar-refractivity contribution in [1.82, 2.24) is 24.8 Å². The van der Waals surface area contributed by atoms with Crippen LogP contribution in [0.2, 0.25) is 5.02 Å². The maximum absolute atomic E-state index is 13.4. The van der Waals surface area contributed by atoms with E-state index in [0.717, 1.165) is 32.2 Å². The fraction of sp³-hybridized carbons (Fsp3) is 0.409. The second kappa shape index (κ2) is 9.60. The van der Waals surface area contributed by atoms with Crippen molar-refractivity contribution in [3.8, 4) is 0 Å². The van der Waals surface area contributed by atoms with Crippen molar-refractivity contribution in [2.45, 2.75) is 25.7 Å². The van der Waals surface area contributed by atoms with E-state index in [-0.39, 0.29) is 16.8 Å². The monoisotopic (exact) mass is 457 g/mol. The molecule has 2 N–H and O–H groups in total. The minimum atomic E-state index is -0.487. The molecule has 1 aromatic carbocycles. The van der Waals surface area contributed by atoms with Gasteiger partial charge in [-0.25, -0.2) is 24.3 Å². The summed E-state index contributed by atoms with van der Waals surface area (Å²) >= 11 is 5.88. The lowest BCUT2D eigenvalue weighted by Crippen LogP contribution is -2.33. The Morgan fingerprint density at radius 2 is 1.97 bits per heavy atom. The van der Waals surface area contributed by atoms with Gasteiger partial charge in [-0.2, -0.15) is 0 Å². The second-order valence-corrected chi connectivity index (χ2v) is 8.64. The standard InChI is InChI=1S/C22H25ClFN7O/c1-31(2)21(32)14-5-3-13(4-6-14)10-25-22-26-11-18-19(30-22)20(28-12-27-18)29-15-7-8-17(24)16(23)9-15/h7-9,11-14H,3-6,10H2,1-2H3,(H,25,26,30)(H,27,28,29)/t13-,14-. The van der Waals surface area contributed by atoms with Crippen molar-refractivity contribution in [1.29, 1.82) is 0 Å². The van der Waals surface area contributed by atoms with Gasteiger partial charge >= 0.3 is 0 Å². The van der Waals surface area contributed by atoms with E-state index in [9.17, 15) is 9.18 Å². The zero-order chi connectivity index (χ0) is 22.7. The van der Waals surface area contributed by atoms with Crippen molar-refractivity contribution in [2.24, 2.45) is 11.8 Å². The Morgan fingerprint density at radius 3 is 2.69 bits per heavy atom. The summed E-state index contributed by atoms with van der Waals surface area (Å²) in [6.45, 7) is 0.735. The van der Waals surface area contributed by atoms with Crippen LogP contribution in [0.1, 0.15) is 25.7 Å². The van der Waals surface area contributed by atoms with Gasteiger partial charge in [0.2, 0.25) is 11.9 Å². The number of aromatic nitrogens is 4. The van der Waals surface area contributed by atoms with Gasteiger partial charge in [-0.3, -0.25) is 4.79 Å². The van der Waals surface area contributed by atoms with E-state index in [2.05, 4.69) is 30.6 Å². The van der Waals surface area contributed by atoms with Crippen LogP contribution in [0.25, 0.3) is 11.0 Å². The molecule has 4 rings (SSSR count). The quantitative estimate of drug-likeness (QED) is 0.570. The molecule has 0 spiro atoms. The Morgan fingerprint density at radius 1 is 1.19 bits per heavy atom. The Bertz CT molecular complexity index is 1120. The molecule has 1 aliphatic rings. The van der Waals surface area contributed by atoms with Gasteiger partial charge in [0, 0.05) is 32.2 Å². The normalized spacial score (nSPS) is 18.4. The van der Waals surface area contributed by atoms with Crippen LogP contribution in [0.5, 0.6) is 0 Å². The molecule has 10 heteroatoms. The highest BCUT2D eigenvalue weighted by molar-refractivity contribution is 6.31. The number of anilines is 3. The molecular formula is C22H25ClFN7O. The number of amides is 1. The topological polar surface area (TPSA) is 95.9 Å². The molecule has 0 atom stereocenters. The van der Waals surface area contributed by atoms with Gasteiger partial charge in [-0.05, 0) is 49.8 Å². The zero-order valence-corrected chi connectivity index (χ0v) is 18.7. The van der Waals surface area contributed by atoms with E-state index in [0.29, 0.717) is 34.4 Å². The lowest BCUT2D eigenvalue weighted by Gasteiger charge is -2.29. The number of hydrogen-bond acceptors (Lipinski definition) is 7. The lowest BCUT2D eigenvalue weighted by molar-refractivity contribution is -0.134. The van der Waals surface area contributed by atoms with E-state index in [4.69, 9.17) is 11.6 Å². The molecule has 0 bridgehead atoms. The number of rotatable bonds is 6. The minimum absolute atomic E-state index is 0.0207. The zero-order valence-electron chi connectivity index (χ0n) is 18.0. The molecule has 1 saturated carbocycles. The number of nitrogens with one attached hydrogen (secondary N) is 2. The molecular weight excluding hydrogens is 433 g/mol. The van der Waals surface area contributed by atoms with Gasteiger partial charge in [-0.1, -0.05) is 11.6 Å². The highest BCUT2D eigenvalue weighted by atomic mass is 35.5. The first-order valence-corrected chi connectivity index (χ1v) is 10.9. The molecule has 2 aromatic heterocycles. The largest absolute Gasteiger partial charge is 0.354 e. The van der Waals surface area contributed by atoms with Crippen LogP contribution in [-0.4, -0.2) is 51.4 Å². The van der Waals surface area contributed by atoms with E-state index in [1.807, 2.05) is 14.1 Å². The molecule has 0 radical (unpaired) electrons. The Kier molecular flexibility index (Phi) is 6.64. The molecule has 1 fully saturated rings. The van der Waals surface area contributed by atoms with Gasteiger partial charge < -0.3 is 15.5 Å². The molecule has 1 aliphatic carbocycles. The number of hydrogen-bond donors (Lipinski definition) is 2. The molecule has 0 unspecified atom stereocenters. The van der Waals surface area contributed by atoms with Gasteiger partial charge in [0.1, 0.15) is 23.2 Å². The number of carbonyl (C=O) groups is 1. The summed E-state index contributed by atoms with van der Waals surface area (Å²) in [5, 5.41) is 6.45. The summed E-state index contributed by atoms with van der Waals surface area (Å²) in [7, 11) is 3.62. The number of carbonyl (C=O) groups excluding carboxylic acids is 1. The second-order valence-electron chi connectivity index (χ2n) is 8.23. The first-order chi connectivity index (χ1) is 15.4. The number of fused-ring (bicyclic) bond motifs is 1. The van der Waals surface area contributed by atoms with Gasteiger partial charge in [-0.15, -0.1) is 0 Å². The van der Waals surface area contributed by atoms with Crippen LogP contribution in [0.3, 0.4) is 0 Å². The molecule has 8 nitrogen and oxygen atoms in total. The Labute approximate surface area is 190 Å². The van der Waals surface area contributed by atoms with Crippen LogP contribution in [-0.2, 0) is 4.79 Å². The maximum Gasteiger partial charge on any atom is 0.225 e. The molecule has 0 saturated heterocycles. The predicted molar refractivity (Wildman–Crippen MR) is 122 cm³/mol. The predicted octanol–water partition coefficient (Wildman–Crippen LogP) is 4.26. The van der Waals surface area contributed by atoms with E-state index in [1.165, 1.54) is 18.5 Å². The summed E-state index contributed by atoms with van der Waals surface area (Å²) in [5.41, 5.74) is 1.73.